The van der Waals surface area contributed by atoms with E-state index in [9.17, 15) is 25.5 Å². The largest absolute Gasteiger partial charge is 0.504 e. The number of hydrogen-bond donors (Lipinski definition) is 5. The molecule has 10 aromatic rings. The molecule has 0 atom stereocenters. The molecule has 294 valence electrons. The maximum Gasteiger partial charge on any atom is 0.208 e. The molecule has 0 bridgehead atoms. The Labute approximate surface area is 351 Å². The van der Waals surface area contributed by atoms with E-state index in [1.807, 2.05) is 60.7 Å². The lowest BCUT2D eigenvalue weighted by atomic mass is 9.91. The van der Waals surface area contributed by atoms with Gasteiger partial charge in [-0.25, -0.2) is 0 Å². The maximum atomic E-state index is 10.7. The Hall–Kier alpha value is -8.42. The minimum atomic E-state index is -1.01. The van der Waals surface area contributed by atoms with Gasteiger partial charge in [0, 0.05) is 27.8 Å². The van der Waals surface area contributed by atoms with Crippen molar-refractivity contribution in [1.82, 2.24) is 0 Å². The summed E-state index contributed by atoms with van der Waals surface area (Å²) in [6.45, 7) is 0. The zero-order chi connectivity index (χ0) is 41.6. The molecule has 0 saturated carbocycles. The molecule has 0 radical (unpaired) electrons. The fourth-order valence-electron chi connectivity index (χ4n) is 8.17. The molecule has 9 aromatic carbocycles. The number of phenolic OH excluding ortho intramolecular Hbond substituents is 5. The molecular weight excluding hydrogens is 759 g/mol. The van der Waals surface area contributed by atoms with Crippen molar-refractivity contribution in [1.29, 1.82) is 0 Å². The summed E-state index contributed by atoms with van der Waals surface area (Å²) < 4.78 is 6.11. The summed E-state index contributed by atoms with van der Waals surface area (Å²) in [4.78, 5) is 2.11. The average molecular weight is 796 g/mol. The van der Waals surface area contributed by atoms with E-state index in [1.54, 1.807) is 12.1 Å². The van der Waals surface area contributed by atoms with E-state index in [1.165, 1.54) is 0 Å². The number of phenols is 5. The lowest BCUT2D eigenvalue weighted by Gasteiger charge is -2.26. The normalized spacial score (nSPS) is 11.3. The molecule has 7 heteroatoms. The molecule has 10 rings (SSSR count). The number of para-hydroxylation sites is 1. The topological polar surface area (TPSA) is 118 Å². The number of benzene rings is 9. The van der Waals surface area contributed by atoms with Gasteiger partial charge in [-0.3, -0.25) is 0 Å². The maximum absolute atomic E-state index is 10.7. The number of anilines is 3. The number of fused-ring (bicyclic) bond motifs is 3. The first kappa shape index (κ1) is 36.9. The van der Waals surface area contributed by atoms with Gasteiger partial charge in [0.2, 0.25) is 17.2 Å². The van der Waals surface area contributed by atoms with Crippen LogP contribution < -0.4 is 4.90 Å². The molecule has 0 aliphatic carbocycles. The SMILES string of the molecule is Oc1c(O)c(O)c(-c2ccc(N(c3ccc(-c4ccc(-c5ccccc5)c(-c5ccccc5)c4)cc3)c3cccc(-c4ccc5oc6ccccc6c5c4)c3)cc2)c(O)c1O. The monoisotopic (exact) mass is 795 g/mol. The molecule has 0 aliphatic rings. The first-order valence-electron chi connectivity index (χ1n) is 19.8. The standard InChI is InChI=1S/C54H37NO6/c56-50-49(51(57)53(59)54(60)52(50)58)36-20-26-41(27-21-36)55(42-15-9-14-37(30-42)39-23-29-48-46(32-39)44-16-7-8-17-47(44)61-48)40-24-18-33(19-25-40)38-22-28-43(34-10-3-1-4-11-34)45(31-38)35-12-5-2-6-13-35/h1-32,56-60H. The van der Waals surface area contributed by atoms with E-state index in [-0.39, 0.29) is 5.56 Å². The molecule has 7 nitrogen and oxygen atoms in total. The van der Waals surface area contributed by atoms with Gasteiger partial charge in [0.15, 0.2) is 11.5 Å². The Balaban J connectivity index is 1.07. The molecule has 61 heavy (non-hydrogen) atoms. The van der Waals surface area contributed by atoms with Crippen LogP contribution in [-0.2, 0) is 0 Å². The highest BCUT2D eigenvalue weighted by molar-refractivity contribution is 6.06. The van der Waals surface area contributed by atoms with Gasteiger partial charge in [0.05, 0.1) is 5.56 Å². The average Bonchev–Trinajstić information content (AvgIpc) is 3.70. The Morgan fingerprint density at radius 2 is 0.787 bits per heavy atom. The molecule has 0 spiro atoms. The minimum Gasteiger partial charge on any atom is -0.504 e. The molecule has 0 unspecified atom stereocenters. The first-order chi connectivity index (χ1) is 29.8. The zero-order valence-corrected chi connectivity index (χ0v) is 32.6. The summed E-state index contributed by atoms with van der Waals surface area (Å²) >= 11 is 0. The van der Waals surface area contributed by atoms with Crippen LogP contribution in [0.5, 0.6) is 28.7 Å². The molecule has 1 aromatic heterocycles. The van der Waals surface area contributed by atoms with Crippen LogP contribution in [0.1, 0.15) is 0 Å². The summed E-state index contributed by atoms with van der Waals surface area (Å²) in [6.07, 6.45) is 0. The van der Waals surface area contributed by atoms with Crippen molar-refractivity contribution in [3.63, 3.8) is 0 Å². The predicted octanol–water partition coefficient (Wildman–Crippen LogP) is 13.9. The van der Waals surface area contributed by atoms with Gasteiger partial charge in [-0.15, -0.1) is 0 Å². The van der Waals surface area contributed by atoms with Crippen LogP contribution in [0.3, 0.4) is 0 Å². The third-order valence-electron chi connectivity index (χ3n) is 11.2. The van der Waals surface area contributed by atoms with Crippen LogP contribution in [0, 0.1) is 0 Å². The Kier molecular flexibility index (Phi) is 9.11. The van der Waals surface area contributed by atoms with Gasteiger partial charge < -0.3 is 34.8 Å². The Morgan fingerprint density at radius 3 is 1.46 bits per heavy atom. The van der Waals surface area contributed by atoms with E-state index in [2.05, 4.69) is 126 Å². The van der Waals surface area contributed by atoms with Crippen LogP contribution in [0.15, 0.2) is 199 Å². The molecule has 1 heterocycles. The van der Waals surface area contributed by atoms with E-state index in [0.717, 1.165) is 83.5 Å². The number of nitrogens with zero attached hydrogens (tertiary/aromatic N) is 1. The van der Waals surface area contributed by atoms with E-state index < -0.39 is 28.7 Å². The van der Waals surface area contributed by atoms with Crippen molar-refractivity contribution in [2.45, 2.75) is 0 Å². The van der Waals surface area contributed by atoms with Crippen molar-refractivity contribution in [2.24, 2.45) is 0 Å². The highest BCUT2D eigenvalue weighted by Crippen LogP contribution is 2.55. The number of aromatic hydroxyl groups is 5. The van der Waals surface area contributed by atoms with E-state index in [0.29, 0.717) is 5.56 Å². The van der Waals surface area contributed by atoms with Crippen molar-refractivity contribution in [3.8, 4) is 84.4 Å². The number of hydrogen-bond acceptors (Lipinski definition) is 7. The number of furan rings is 1. The fraction of sp³-hybridized carbons (Fsp3) is 0. The van der Waals surface area contributed by atoms with E-state index in [4.69, 9.17) is 4.42 Å². The highest BCUT2D eigenvalue weighted by atomic mass is 16.4. The second kappa shape index (κ2) is 15.1. The molecule has 0 saturated heterocycles. The van der Waals surface area contributed by atoms with Crippen LogP contribution in [0.25, 0.3) is 77.6 Å². The summed E-state index contributed by atoms with van der Waals surface area (Å²) in [7, 11) is 0. The molecule has 5 N–H and O–H groups in total. The first-order valence-corrected chi connectivity index (χ1v) is 19.8. The lowest BCUT2D eigenvalue weighted by Crippen LogP contribution is -2.10. The zero-order valence-electron chi connectivity index (χ0n) is 32.6. The van der Waals surface area contributed by atoms with Crippen molar-refractivity contribution >= 4 is 39.0 Å². The van der Waals surface area contributed by atoms with Crippen LogP contribution >= 0.6 is 0 Å². The molecular formula is C54H37NO6. The van der Waals surface area contributed by atoms with Gasteiger partial charge in [0.25, 0.3) is 0 Å². The minimum absolute atomic E-state index is 0.215. The van der Waals surface area contributed by atoms with Crippen LogP contribution in [0.4, 0.5) is 17.1 Å². The van der Waals surface area contributed by atoms with E-state index >= 15 is 0 Å². The van der Waals surface area contributed by atoms with Gasteiger partial charge in [-0.1, -0.05) is 133 Å². The van der Waals surface area contributed by atoms with Crippen molar-refractivity contribution in [2.75, 3.05) is 4.90 Å². The Morgan fingerprint density at radius 1 is 0.295 bits per heavy atom. The molecule has 0 fully saturated rings. The van der Waals surface area contributed by atoms with Gasteiger partial charge in [-0.05, 0) is 111 Å². The molecule has 0 amide bonds. The van der Waals surface area contributed by atoms with Crippen LogP contribution in [0.2, 0.25) is 0 Å². The quantitative estimate of drug-likeness (QED) is 0.0768. The van der Waals surface area contributed by atoms with Gasteiger partial charge >= 0.3 is 0 Å². The van der Waals surface area contributed by atoms with Gasteiger partial charge in [-0.2, -0.15) is 0 Å². The summed E-state index contributed by atoms with van der Waals surface area (Å²) in [5.41, 5.74) is 13.0. The summed E-state index contributed by atoms with van der Waals surface area (Å²) in [5, 5.41) is 54.0. The Bertz CT molecular complexity index is 3200. The third kappa shape index (κ3) is 6.60. The smallest absolute Gasteiger partial charge is 0.208 e. The summed E-state index contributed by atoms with van der Waals surface area (Å²) in [5.74, 6) is -4.38. The second-order valence-electron chi connectivity index (χ2n) is 14.9. The lowest BCUT2D eigenvalue weighted by molar-refractivity contribution is 0.330. The van der Waals surface area contributed by atoms with Crippen LogP contribution in [-0.4, -0.2) is 25.5 Å². The third-order valence-corrected chi connectivity index (χ3v) is 11.2. The number of rotatable bonds is 8. The fourth-order valence-corrected chi connectivity index (χ4v) is 8.17. The van der Waals surface area contributed by atoms with Crippen molar-refractivity contribution < 1.29 is 29.9 Å². The second-order valence-corrected chi connectivity index (χ2v) is 14.9. The predicted molar refractivity (Wildman–Crippen MR) is 244 cm³/mol. The summed E-state index contributed by atoms with van der Waals surface area (Å²) in [6, 6.07) is 65.3. The van der Waals surface area contributed by atoms with Crippen molar-refractivity contribution in [3.05, 3.63) is 194 Å². The molecule has 0 aliphatic heterocycles. The van der Waals surface area contributed by atoms with Gasteiger partial charge in [0.1, 0.15) is 11.2 Å². The highest BCUT2D eigenvalue weighted by Gasteiger charge is 2.25.